The zero-order chi connectivity index (χ0) is 14.6. The lowest BCUT2D eigenvalue weighted by molar-refractivity contribution is 0.0696. The number of carbonyl (C=O) groups is 1. The molecule has 0 aromatic heterocycles. The summed E-state index contributed by atoms with van der Waals surface area (Å²) < 4.78 is 0. The standard InChI is InChI=1S/C18H21NO2/c1-18-11-19(10-16(18)13-5-6-15(18)8-13)9-12-3-2-4-14(7-12)17(20)21/h2-7,13,15-16H,8-11H2,1H3,(H,20,21)/t13-,15+,16?,18+/m1/s1. The largest absolute Gasteiger partial charge is 0.478 e. The molecular weight excluding hydrogens is 262 g/mol. The van der Waals surface area contributed by atoms with Crippen LogP contribution < -0.4 is 0 Å². The van der Waals surface area contributed by atoms with Gasteiger partial charge in [0, 0.05) is 19.6 Å². The van der Waals surface area contributed by atoms with E-state index >= 15 is 0 Å². The number of allylic oxidation sites excluding steroid dienone is 2. The van der Waals surface area contributed by atoms with Crippen LogP contribution in [-0.2, 0) is 6.54 Å². The Morgan fingerprint density at radius 2 is 2.29 bits per heavy atom. The molecule has 4 rings (SSSR count). The molecule has 0 spiro atoms. The van der Waals surface area contributed by atoms with Crippen LogP contribution in [0.3, 0.4) is 0 Å². The fourth-order valence-electron chi connectivity index (χ4n) is 4.86. The lowest BCUT2D eigenvalue weighted by atomic mass is 9.72. The minimum atomic E-state index is -0.843. The van der Waals surface area contributed by atoms with E-state index in [4.69, 9.17) is 5.11 Å². The van der Waals surface area contributed by atoms with Gasteiger partial charge in [-0.25, -0.2) is 4.79 Å². The second-order valence-electron chi connectivity index (χ2n) is 7.18. The topological polar surface area (TPSA) is 40.5 Å². The number of aromatic carboxylic acids is 1. The Morgan fingerprint density at radius 1 is 1.43 bits per heavy atom. The molecule has 1 saturated heterocycles. The Hall–Kier alpha value is -1.61. The predicted molar refractivity (Wildman–Crippen MR) is 81.0 cm³/mol. The molecule has 3 aliphatic rings. The Kier molecular flexibility index (Phi) is 2.77. The fourth-order valence-corrected chi connectivity index (χ4v) is 4.86. The Morgan fingerprint density at radius 3 is 3.05 bits per heavy atom. The third-order valence-electron chi connectivity index (χ3n) is 5.93. The molecular formula is C18H21NO2. The van der Waals surface area contributed by atoms with Crippen molar-refractivity contribution in [1.82, 2.24) is 4.90 Å². The van der Waals surface area contributed by atoms with E-state index in [1.165, 1.54) is 6.42 Å². The first-order valence-electron chi connectivity index (χ1n) is 7.79. The Labute approximate surface area is 125 Å². The SMILES string of the molecule is C[C@@]12CN(Cc3cccc(C(=O)O)c3)CC1[C@@H]1C=C[C@H]2C1. The van der Waals surface area contributed by atoms with Gasteiger partial charge in [-0.15, -0.1) is 0 Å². The van der Waals surface area contributed by atoms with E-state index in [1.54, 1.807) is 6.07 Å². The Bertz CT molecular complexity index is 623. The van der Waals surface area contributed by atoms with E-state index in [2.05, 4.69) is 24.0 Å². The van der Waals surface area contributed by atoms with Gasteiger partial charge >= 0.3 is 5.97 Å². The number of hydrogen-bond acceptors (Lipinski definition) is 2. The lowest BCUT2D eigenvalue weighted by Gasteiger charge is -2.32. The molecule has 3 heteroatoms. The highest BCUT2D eigenvalue weighted by Crippen LogP contribution is 2.59. The second-order valence-corrected chi connectivity index (χ2v) is 7.18. The van der Waals surface area contributed by atoms with Crippen molar-refractivity contribution < 1.29 is 9.90 Å². The van der Waals surface area contributed by atoms with Crippen molar-refractivity contribution >= 4 is 5.97 Å². The summed E-state index contributed by atoms with van der Waals surface area (Å²) in [6.45, 7) is 5.60. The zero-order valence-corrected chi connectivity index (χ0v) is 12.3. The first kappa shape index (κ1) is 13.1. The van der Waals surface area contributed by atoms with Crippen LogP contribution in [0.15, 0.2) is 36.4 Å². The van der Waals surface area contributed by atoms with E-state index in [0.29, 0.717) is 11.0 Å². The van der Waals surface area contributed by atoms with Gasteiger partial charge in [-0.2, -0.15) is 0 Å². The molecule has 2 fully saturated rings. The predicted octanol–water partition coefficient (Wildman–Crippen LogP) is 3.03. The highest BCUT2D eigenvalue weighted by molar-refractivity contribution is 5.87. The normalized spacial score (nSPS) is 37.1. The summed E-state index contributed by atoms with van der Waals surface area (Å²) in [5, 5.41) is 9.10. The smallest absolute Gasteiger partial charge is 0.335 e. The van der Waals surface area contributed by atoms with Crippen LogP contribution >= 0.6 is 0 Å². The highest BCUT2D eigenvalue weighted by atomic mass is 16.4. The molecule has 1 heterocycles. The summed E-state index contributed by atoms with van der Waals surface area (Å²) in [4.78, 5) is 13.6. The number of hydrogen-bond donors (Lipinski definition) is 1. The van der Waals surface area contributed by atoms with Crippen molar-refractivity contribution in [2.75, 3.05) is 13.1 Å². The molecule has 21 heavy (non-hydrogen) atoms. The minimum absolute atomic E-state index is 0.389. The monoisotopic (exact) mass is 283 g/mol. The summed E-state index contributed by atoms with van der Waals surface area (Å²) >= 11 is 0. The highest BCUT2D eigenvalue weighted by Gasteiger charge is 2.56. The van der Waals surface area contributed by atoms with Gasteiger partial charge in [0.15, 0.2) is 0 Å². The van der Waals surface area contributed by atoms with Gasteiger partial charge in [0.05, 0.1) is 5.56 Å². The molecule has 1 N–H and O–H groups in total. The molecule has 1 aromatic carbocycles. The minimum Gasteiger partial charge on any atom is -0.478 e. The number of nitrogens with zero attached hydrogens (tertiary/aromatic N) is 1. The number of carboxylic acid groups (broad SMARTS) is 1. The molecule has 1 aliphatic heterocycles. The summed E-state index contributed by atoms with van der Waals surface area (Å²) in [5.41, 5.74) is 1.93. The molecule has 4 atom stereocenters. The number of benzene rings is 1. The van der Waals surface area contributed by atoms with Gasteiger partial charge < -0.3 is 5.11 Å². The molecule has 2 aliphatic carbocycles. The van der Waals surface area contributed by atoms with Crippen molar-refractivity contribution in [2.24, 2.45) is 23.2 Å². The number of rotatable bonds is 3. The van der Waals surface area contributed by atoms with Crippen LogP contribution in [0.25, 0.3) is 0 Å². The van der Waals surface area contributed by atoms with E-state index in [0.717, 1.165) is 43.0 Å². The molecule has 0 amide bonds. The van der Waals surface area contributed by atoms with Crippen molar-refractivity contribution in [3.05, 3.63) is 47.5 Å². The van der Waals surface area contributed by atoms with E-state index in [9.17, 15) is 4.79 Å². The molecule has 1 saturated carbocycles. The maximum atomic E-state index is 11.1. The average Bonchev–Trinajstić information content (AvgIpc) is 3.09. The van der Waals surface area contributed by atoms with Gasteiger partial charge in [0.25, 0.3) is 0 Å². The third-order valence-corrected chi connectivity index (χ3v) is 5.93. The summed E-state index contributed by atoms with van der Waals surface area (Å²) in [6.07, 6.45) is 6.20. The molecule has 1 aromatic rings. The average molecular weight is 283 g/mol. The number of likely N-dealkylation sites (tertiary alicyclic amines) is 1. The van der Waals surface area contributed by atoms with Crippen molar-refractivity contribution in [1.29, 1.82) is 0 Å². The van der Waals surface area contributed by atoms with E-state index in [1.807, 2.05) is 18.2 Å². The summed E-state index contributed by atoms with van der Waals surface area (Å²) in [7, 11) is 0. The maximum Gasteiger partial charge on any atom is 0.335 e. The third kappa shape index (κ3) is 1.95. The van der Waals surface area contributed by atoms with Crippen molar-refractivity contribution in [3.63, 3.8) is 0 Å². The maximum absolute atomic E-state index is 11.1. The van der Waals surface area contributed by atoms with E-state index < -0.39 is 5.97 Å². The number of fused-ring (bicyclic) bond motifs is 5. The summed E-state index contributed by atoms with van der Waals surface area (Å²) in [5.74, 6) is 1.47. The molecule has 110 valence electrons. The quantitative estimate of drug-likeness (QED) is 0.867. The van der Waals surface area contributed by atoms with Crippen molar-refractivity contribution in [2.45, 2.75) is 19.9 Å². The van der Waals surface area contributed by atoms with Gasteiger partial charge in [-0.3, -0.25) is 4.90 Å². The van der Waals surface area contributed by atoms with Crippen LogP contribution in [0.5, 0.6) is 0 Å². The second kappa shape index (κ2) is 4.44. The van der Waals surface area contributed by atoms with Crippen LogP contribution in [0.4, 0.5) is 0 Å². The van der Waals surface area contributed by atoms with Crippen LogP contribution in [-0.4, -0.2) is 29.1 Å². The van der Waals surface area contributed by atoms with Crippen LogP contribution in [0.2, 0.25) is 0 Å². The zero-order valence-electron chi connectivity index (χ0n) is 12.3. The van der Waals surface area contributed by atoms with Crippen LogP contribution in [0, 0.1) is 23.2 Å². The summed E-state index contributed by atoms with van der Waals surface area (Å²) in [6, 6.07) is 7.36. The molecule has 3 nitrogen and oxygen atoms in total. The van der Waals surface area contributed by atoms with Gasteiger partial charge in [0.2, 0.25) is 0 Å². The van der Waals surface area contributed by atoms with Crippen LogP contribution in [0.1, 0.15) is 29.3 Å². The lowest BCUT2D eigenvalue weighted by Crippen LogP contribution is -2.31. The molecule has 1 unspecified atom stereocenters. The number of carboxylic acids is 1. The molecule has 0 radical (unpaired) electrons. The first-order chi connectivity index (χ1) is 10.1. The Balaban J connectivity index is 1.51. The van der Waals surface area contributed by atoms with Gasteiger partial charge in [-0.1, -0.05) is 31.2 Å². The fraction of sp³-hybridized carbons (Fsp3) is 0.500. The first-order valence-corrected chi connectivity index (χ1v) is 7.79. The molecule has 2 bridgehead atoms. The van der Waals surface area contributed by atoms with Crippen molar-refractivity contribution in [3.8, 4) is 0 Å². The van der Waals surface area contributed by atoms with E-state index in [-0.39, 0.29) is 0 Å². The van der Waals surface area contributed by atoms with Gasteiger partial charge in [0.1, 0.15) is 0 Å². The van der Waals surface area contributed by atoms with Gasteiger partial charge in [-0.05, 0) is 47.3 Å².